The first-order valence-electron chi connectivity index (χ1n) is 2.83. The van der Waals surface area contributed by atoms with E-state index in [1.54, 1.807) is 11.2 Å². The fourth-order valence-electron chi connectivity index (χ4n) is 0.720. The molecule has 56 valence electrons. The van der Waals surface area contributed by atoms with Gasteiger partial charge in [-0.3, -0.25) is 4.79 Å². The maximum Gasteiger partial charge on any atom is 0.242 e. The van der Waals surface area contributed by atoms with Crippen molar-refractivity contribution in [2.75, 3.05) is 13.1 Å². The van der Waals surface area contributed by atoms with E-state index in [1.807, 2.05) is 0 Å². The highest BCUT2D eigenvalue weighted by molar-refractivity contribution is 6.64. The Balaban J connectivity index is 2.38. The molecule has 0 spiro atoms. The zero-order valence-corrected chi connectivity index (χ0v) is 6.06. The minimum absolute atomic E-state index is 0.155. The minimum Gasteiger partial charge on any atom is -0.400 e. The molecular formula is C5H8ClN3O. The van der Waals surface area contributed by atoms with Gasteiger partial charge in [0.15, 0.2) is 0 Å². The molecule has 1 heterocycles. The average molecular weight is 162 g/mol. The van der Waals surface area contributed by atoms with Crippen LogP contribution in [0.5, 0.6) is 0 Å². The van der Waals surface area contributed by atoms with Gasteiger partial charge in [0.2, 0.25) is 5.24 Å². The van der Waals surface area contributed by atoms with Gasteiger partial charge in [-0.25, -0.2) is 5.43 Å². The number of carbonyl (C=O) groups excluding carboxylic acids is 1. The summed E-state index contributed by atoms with van der Waals surface area (Å²) in [5, 5.41) is 1.16. The maximum absolute atomic E-state index is 10.3. The molecule has 0 aliphatic carbocycles. The standard InChI is InChI=1S/C5H8ClN3O/c6-5(10)3-9-2-4(7)1-8-9/h2,8H,1,3,7H2. The second-order valence-corrected chi connectivity index (χ2v) is 2.44. The third kappa shape index (κ3) is 1.89. The van der Waals surface area contributed by atoms with Gasteiger partial charge in [0, 0.05) is 11.9 Å². The van der Waals surface area contributed by atoms with Crippen LogP contribution in [0.15, 0.2) is 11.9 Å². The van der Waals surface area contributed by atoms with Crippen molar-refractivity contribution >= 4 is 16.8 Å². The second-order valence-electron chi connectivity index (χ2n) is 2.02. The van der Waals surface area contributed by atoms with Gasteiger partial charge in [-0.05, 0) is 11.6 Å². The quantitative estimate of drug-likeness (QED) is 0.530. The largest absolute Gasteiger partial charge is 0.400 e. The van der Waals surface area contributed by atoms with E-state index in [9.17, 15) is 4.79 Å². The first-order valence-corrected chi connectivity index (χ1v) is 3.21. The van der Waals surface area contributed by atoms with Crippen molar-refractivity contribution in [2.45, 2.75) is 0 Å². The monoisotopic (exact) mass is 161 g/mol. The van der Waals surface area contributed by atoms with Gasteiger partial charge in [-0.1, -0.05) is 0 Å². The lowest BCUT2D eigenvalue weighted by molar-refractivity contribution is -0.112. The van der Waals surface area contributed by atoms with E-state index in [0.717, 1.165) is 0 Å². The van der Waals surface area contributed by atoms with Crippen LogP contribution in [0.4, 0.5) is 0 Å². The lowest BCUT2D eigenvalue weighted by atomic mass is 10.5. The molecule has 0 fully saturated rings. The van der Waals surface area contributed by atoms with Crippen molar-refractivity contribution in [1.82, 2.24) is 10.4 Å². The third-order valence-electron chi connectivity index (χ3n) is 1.10. The molecule has 0 amide bonds. The predicted octanol–water partition coefficient (Wildman–Crippen LogP) is -0.628. The van der Waals surface area contributed by atoms with Gasteiger partial charge >= 0.3 is 0 Å². The van der Waals surface area contributed by atoms with Crippen molar-refractivity contribution in [1.29, 1.82) is 0 Å². The molecule has 0 saturated heterocycles. The molecule has 0 atom stereocenters. The van der Waals surface area contributed by atoms with Crippen LogP contribution in [0.25, 0.3) is 0 Å². The maximum atomic E-state index is 10.3. The summed E-state index contributed by atoms with van der Waals surface area (Å²) in [4.78, 5) is 10.3. The van der Waals surface area contributed by atoms with Gasteiger partial charge in [0.05, 0.1) is 6.54 Å². The van der Waals surface area contributed by atoms with E-state index in [1.165, 1.54) is 0 Å². The number of nitrogens with one attached hydrogen (secondary N) is 1. The Hall–Kier alpha value is -0.740. The highest BCUT2D eigenvalue weighted by Crippen LogP contribution is 1.97. The molecule has 5 heteroatoms. The number of nitrogens with two attached hydrogens (primary N) is 1. The normalized spacial score (nSPS) is 17.3. The molecule has 0 aromatic heterocycles. The lowest BCUT2D eigenvalue weighted by Gasteiger charge is -2.11. The van der Waals surface area contributed by atoms with Crippen LogP contribution < -0.4 is 11.2 Å². The number of hydrogen-bond acceptors (Lipinski definition) is 4. The minimum atomic E-state index is -0.404. The Labute approximate surface area is 63.6 Å². The summed E-state index contributed by atoms with van der Waals surface area (Å²) in [6, 6.07) is 0. The smallest absolute Gasteiger partial charge is 0.242 e. The van der Waals surface area contributed by atoms with Crippen LogP contribution in [0, 0.1) is 0 Å². The highest BCUT2D eigenvalue weighted by atomic mass is 35.5. The summed E-state index contributed by atoms with van der Waals surface area (Å²) in [5.74, 6) is 0. The SMILES string of the molecule is NC1=CN(CC(=O)Cl)NC1. The van der Waals surface area contributed by atoms with Crippen LogP contribution in [-0.2, 0) is 4.79 Å². The van der Waals surface area contributed by atoms with Crippen molar-refractivity contribution in [3.05, 3.63) is 11.9 Å². The third-order valence-corrected chi connectivity index (χ3v) is 1.22. The number of halogens is 1. The fourth-order valence-corrected chi connectivity index (χ4v) is 0.849. The summed E-state index contributed by atoms with van der Waals surface area (Å²) in [6.07, 6.45) is 1.65. The molecule has 0 unspecified atom stereocenters. The first-order chi connectivity index (χ1) is 4.68. The number of rotatable bonds is 2. The first kappa shape index (κ1) is 7.37. The highest BCUT2D eigenvalue weighted by Gasteiger charge is 2.10. The number of hydrazine groups is 1. The Morgan fingerprint density at radius 3 is 3.10 bits per heavy atom. The van der Waals surface area contributed by atoms with E-state index in [4.69, 9.17) is 17.3 Å². The van der Waals surface area contributed by atoms with E-state index in [-0.39, 0.29) is 6.54 Å². The van der Waals surface area contributed by atoms with Crippen LogP contribution in [0.3, 0.4) is 0 Å². The Bertz CT molecular complexity index is 180. The number of hydrogen-bond donors (Lipinski definition) is 2. The second kappa shape index (κ2) is 2.90. The van der Waals surface area contributed by atoms with Crippen molar-refractivity contribution in [2.24, 2.45) is 5.73 Å². The molecule has 0 radical (unpaired) electrons. The summed E-state index contributed by atoms with van der Waals surface area (Å²) >= 11 is 5.11. The molecule has 1 aliphatic rings. The molecule has 3 N–H and O–H groups in total. The molecule has 0 aromatic rings. The van der Waals surface area contributed by atoms with Gasteiger partial charge in [-0.2, -0.15) is 0 Å². The van der Waals surface area contributed by atoms with Crippen molar-refractivity contribution in [3.63, 3.8) is 0 Å². The van der Waals surface area contributed by atoms with Gasteiger partial charge in [0.25, 0.3) is 0 Å². The van der Waals surface area contributed by atoms with Gasteiger partial charge < -0.3 is 10.7 Å². The Kier molecular flexibility index (Phi) is 2.13. The van der Waals surface area contributed by atoms with Crippen molar-refractivity contribution in [3.8, 4) is 0 Å². The number of carbonyl (C=O) groups is 1. The average Bonchev–Trinajstić information content (AvgIpc) is 2.13. The van der Waals surface area contributed by atoms with E-state index < -0.39 is 5.24 Å². The molecule has 4 nitrogen and oxygen atoms in total. The molecule has 10 heavy (non-hydrogen) atoms. The van der Waals surface area contributed by atoms with Crippen LogP contribution >= 0.6 is 11.6 Å². The molecule has 0 saturated carbocycles. The molecule has 1 aliphatic heterocycles. The zero-order chi connectivity index (χ0) is 7.56. The molecule has 1 rings (SSSR count). The molecular weight excluding hydrogens is 154 g/mol. The van der Waals surface area contributed by atoms with E-state index >= 15 is 0 Å². The van der Waals surface area contributed by atoms with Gasteiger partial charge in [-0.15, -0.1) is 0 Å². The summed E-state index contributed by atoms with van der Waals surface area (Å²) in [5.41, 5.74) is 8.96. The summed E-state index contributed by atoms with van der Waals surface area (Å²) < 4.78 is 0. The van der Waals surface area contributed by atoms with Crippen LogP contribution in [0.2, 0.25) is 0 Å². The Morgan fingerprint density at radius 2 is 2.70 bits per heavy atom. The predicted molar refractivity (Wildman–Crippen MR) is 37.8 cm³/mol. The summed E-state index contributed by atoms with van der Waals surface area (Å²) in [7, 11) is 0. The van der Waals surface area contributed by atoms with Crippen LogP contribution in [-0.4, -0.2) is 23.3 Å². The zero-order valence-electron chi connectivity index (χ0n) is 5.30. The lowest BCUT2D eigenvalue weighted by Crippen LogP contribution is -2.32. The van der Waals surface area contributed by atoms with E-state index in [0.29, 0.717) is 12.2 Å². The van der Waals surface area contributed by atoms with E-state index in [2.05, 4.69) is 5.43 Å². The van der Waals surface area contributed by atoms with Crippen LogP contribution in [0.1, 0.15) is 0 Å². The molecule has 0 aromatic carbocycles. The number of nitrogens with zero attached hydrogens (tertiary/aromatic N) is 1. The summed E-state index contributed by atoms with van der Waals surface area (Å²) in [6.45, 7) is 0.742. The Morgan fingerprint density at radius 1 is 2.00 bits per heavy atom. The van der Waals surface area contributed by atoms with Crippen molar-refractivity contribution < 1.29 is 4.79 Å². The fraction of sp³-hybridized carbons (Fsp3) is 0.400. The van der Waals surface area contributed by atoms with Gasteiger partial charge in [0.1, 0.15) is 6.54 Å². The topological polar surface area (TPSA) is 58.4 Å². The molecule has 0 bridgehead atoms.